The number of carbonyl (C=O) groups excluding carboxylic acids is 1. The number of nitrogens with zero attached hydrogens (tertiary/aromatic N) is 3. The second-order valence-corrected chi connectivity index (χ2v) is 5.86. The van der Waals surface area contributed by atoms with Gasteiger partial charge in [-0.15, -0.1) is 0 Å². The SMILES string of the molecule is O=C1OC(c2ccc([N+](=O)[O-])cc2Cl)=N/C1=C\C=C\c1ccccc1[N+](=O)[O-]. The third-order valence-electron chi connectivity index (χ3n) is 3.68. The number of esters is 1. The Morgan fingerprint density at radius 2 is 1.82 bits per heavy atom. The number of allylic oxidation sites excluding steroid dienone is 2. The van der Waals surface area contributed by atoms with Crippen molar-refractivity contribution in [3.63, 3.8) is 0 Å². The van der Waals surface area contributed by atoms with Crippen LogP contribution in [0.4, 0.5) is 11.4 Å². The summed E-state index contributed by atoms with van der Waals surface area (Å²) in [5.41, 5.74) is 0.263. The van der Waals surface area contributed by atoms with Gasteiger partial charge in [0.25, 0.3) is 11.4 Å². The van der Waals surface area contributed by atoms with Crippen molar-refractivity contribution < 1.29 is 19.4 Å². The Balaban J connectivity index is 1.86. The van der Waals surface area contributed by atoms with Crippen LogP contribution >= 0.6 is 11.6 Å². The zero-order chi connectivity index (χ0) is 20.3. The van der Waals surface area contributed by atoms with E-state index in [9.17, 15) is 25.0 Å². The molecule has 0 atom stereocenters. The summed E-state index contributed by atoms with van der Waals surface area (Å²) >= 11 is 6.01. The van der Waals surface area contributed by atoms with Crippen LogP contribution in [0, 0.1) is 20.2 Å². The number of para-hydroxylation sites is 1. The van der Waals surface area contributed by atoms with Gasteiger partial charge in [0.2, 0.25) is 5.90 Å². The molecular weight excluding hydrogens is 390 g/mol. The van der Waals surface area contributed by atoms with Gasteiger partial charge in [0.1, 0.15) is 0 Å². The average Bonchev–Trinajstić information content (AvgIpc) is 3.02. The molecule has 2 aromatic carbocycles. The molecule has 0 saturated heterocycles. The van der Waals surface area contributed by atoms with E-state index in [2.05, 4.69) is 4.99 Å². The molecule has 0 aromatic heterocycles. The van der Waals surface area contributed by atoms with E-state index < -0.39 is 15.8 Å². The molecule has 3 rings (SSSR count). The molecule has 0 spiro atoms. The average molecular weight is 400 g/mol. The van der Waals surface area contributed by atoms with Crippen LogP contribution in [0.1, 0.15) is 11.1 Å². The quantitative estimate of drug-likeness (QED) is 0.323. The molecule has 0 fully saturated rings. The van der Waals surface area contributed by atoms with Crippen LogP contribution in [0.5, 0.6) is 0 Å². The fourth-order valence-corrected chi connectivity index (χ4v) is 2.62. The summed E-state index contributed by atoms with van der Waals surface area (Å²) < 4.78 is 5.05. The molecule has 0 amide bonds. The summed E-state index contributed by atoms with van der Waals surface area (Å²) in [6.07, 6.45) is 4.24. The van der Waals surface area contributed by atoms with Gasteiger partial charge in [-0.3, -0.25) is 20.2 Å². The van der Waals surface area contributed by atoms with Gasteiger partial charge in [-0.1, -0.05) is 29.8 Å². The molecule has 0 saturated carbocycles. The van der Waals surface area contributed by atoms with E-state index in [1.807, 2.05) is 0 Å². The van der Waals surface area contributed by atoms with Crippen molar-refractivity contribution in [2.24, 2.45) is 4.99 Å². The highest BCUT2D eigenvalue weighted by atomic mass is 35.5. The minimum Gasteiger partial charge on any atom is -0.402 e. The van der Waals surface area contributed by atoms with Crippen LogP contribution in [-0.4, -0.2) is 21.7 Å². The molecule has 140 valence electrons. The van der Waals surface area contributed by atoms with Crippen molar-refractivity contribution in [1.82, 2.24) is 0 Å². The van der Waals surface area contributed by atoms with Crippen LogP contribution < -0.4 is 0 Å². The lowest BCUT2D eigenvalue weighted by atomic mass is 10.1. The van der Waals surface area contributed by atoms with Crippen molar-refractivity contribution in [3.05, 3.63) is 96.7 Å². The molecule has 0 N–H and O–H groups in total. The standard InChI is InChI=1S/C18H10ClN3O6/c19-14-10-12(21(24)25)8-9-13(14)17-20-15(18(23)28-17)6-3-5-11-4-1-2-7-16(11)22(26)27/h1-10H/b5-3+,15-6-. The molecule has 0 aliphatic carbocycles. The first kappa shape index (κ1) is 18.9. The number of carbonyl (C=O) groups is 1. The van der Waals surface area contributed by atoms with E-state index in [-0.39, 0.29) is 33.6 Å². The molecule has 0 radical (unpaired) electrons. The minimum atomic E-state index is -0.739. The van der Waals surface area contributed by atoms with Gasteiger partial charge in [-0.25, -0.2) is 9.79 Å². The van der Waals surface area contributed by atoms with E-state index in [0.29, 0.717) is 5.56 Å². The molecule has 2 aromatic rings. The maximum absolute atomic E-state index is 12.0. The normalized spacial score (nSPS) is 15.0. The third-order valence-corrected chi connectivity index (χ3v) is 3.99. The smallest absolute Gasteiger partial charge is 0.363 e. The molecule has 1 aliphatic rings. The van der Waals surface area contributed by atoms with Gasteiger partial charge < -0.3 is 4.74 Å². The maximum Gasteiger partial charge on any atom is 0.363 e. The highest BCUT2D eigenvalue weighted by molar-refractivity contribution is 6.34. The Bertz CT molecular complexity index is 1090. The first-order valence-corrected chi connectivity index (χ1v) is 8.11. The zero-order valence-electron chi connectivity index (χ0n) is 13.9. The highest BCUT2D eigenvalue weighted by Crippen LogP contribution is 2.26. The van der Waals surface area contributed by atoms with E-state index in [1.165, 1.54) is 36.4 Å². The predicted molar refractivity (Wildman–Crippen MR) is 101 cm³/mol. The lowest BCUT2D eigenvalue weighted by Gasteiger charge is -2.02. The first-order chi connectivity index (χ1) is 13.4. The monoisotopic (exact) mass is 399 g/mol. The Kier molecular flexibility index (Phi) is 5.28. The number of aliphatic imine (C=N–C) groups is 1. The molecule has 10 heteroatoms. The predicted octanol–water partition coefficient (Wildman–Crippen LogP) is 4.06. The summed E-state index contributed by atoms with van der Waals surface area (Å²) in [7, 11) is 0. The van der Waals surface area contributed by atoms with Crippen LogP contribution in [0.25, 0.3) is 6.08 Å². The number of hydrogen-bond acceptors (Lipinski definition) is 7. The van der Waals surface area contributed by atoms with Crippen LogP contribution in [0.3, 0.4) is 0 Å². The van der Waals surface area contributed by atoms with Gasteiger partial charge in [0, 0.05) is 18.2 Å². The van der Waals surface area contributed by atoms with Gasteiger partial charge in [-0.05, 0) is 24.3 Å². The van der Waals surface area contributed by atoms with Gasteiger partial charge in [-0.2, -0.15) is 0 Å². The van der Waals surface area contributed by atoms with Crippen molar-refractivity contribution in [2.45, 2.75) is 0 Å². The summed E-state index contributed by atoms with van der Waals surface area (Å²) in [5, 5.41) is 21.8. The number of cyclic esters (lactones) is 1. The van der Waals surface area contributed by atoms with Crippen molar-refractivity contribution in [3.8, 4) is 0 Å². The van der Waals surface area contributed by atoms with Crippen LogP contribution in [0.2, 0.25) is 5.02 Å². The molecule has 28 heavy (non-hydrogen) atoms. The van der Waals surface area contributed by atoms with E-state index >= 15 is 0 Å². The molecule has 9 nitrogen and oxygen atoms in total. The number of nitro groups is 2. The highest BCUT2D eigenvalue weighted by Gasteiger charge is 2.26. The second kappa shape index (κ2) is 7.80. The number of hydrogen-bond donors (Lipinski definition) is 0. The topological polar surface area (TPSA) is 125 Å². The fraction of sp³-hybridized carbons (Fsp3) is 0. The van der Waals surface area contributed by atoms with Crippen LogP contribution in [0.15, 0.2) is 65.3 Å². The Morgan fingerprint density at radius 3 is 2.50 bits per heavy atom. The number of ether oxygens (including phenoxy) is 1. The summed E-state index contributed by atoms with van der Waals surface area (Å²) in [5.74, 6) is -0.827. The molecule has 1 heterocycles. The van der Waals surface area contributed by atoms with Crippen molar-refractivity contribution in [2.75, 3.05) is 0 Å². The fourth-order valence-electron chi connectivity index (χ4n) is 2.37. The maximum atomic E-state index is 12.0. The van der Waals surface area contributed by atoms with E-state index in [0.717, 1.165) is 6.07 Å². The van der Waals surface area contributed by atoms with Crippen molar-refractivity contribution in [1.29, 1.82) is 0 Å². The summed E-state index contributed by atoms with van der Waals surface area (Å²) in [6.45, 7) is 0. The number of benzene rings is 2. The molecule has 0 bridgehead atoms. The summed E-state index contributed by atoms with van der Waals surface area (Å²) in [6, 6.07) is 9.80. The number of non-ortho nitro benzene ring substituents is 1. The lowest BCUT2D eigenvalue weighted by Crippen LogP contribution is -2.06. The molecule has 1 aliphatic heterocycles. The van der Waals surface area contributed by atoms with Gasteiger partial charge in [0.15, 0.2) is 5.70 Å². The molecule has 0 unspecified atom stereocenters. The Hall–Kier alpha value is -3.85. The number of rotatable bonds is 5. The van der Waals surface area contributed by atoms with Crippen molar-refractivity contribution >= 4 is 40.9 Å². The lowest BCUT2D eigenvalue weighted by molar-refractivity contribution is -0.385. The van der Waals surface area contributed by atoms with Gasteiger partial charge >= 0.3 is 5.97 Å². The van der Waals surface area contributed by atoms with Gasteiger partial charge in [0.05, 0.1) is 26.0 Å². The number of halogens is 1. The van der Waals surface area contributed by atoms with Crippen LogP contribution in [-0.2, 0) is 9.53 Å². The summed E-state index contributed by atoms with van der Waals surface area (Å²) in [4.78, 5) is 36.6. The number of nitro benzene ring substituents is 2. The van der Waals surface area contributed by atoms with E-state index in [1.54, 1.807) is 18.2 Å². The second-order valence-electron chi connectivity index (χ2n) is 5.45. The zero-order valence-corrected chi connectivity index (χ0v) is 14.7. The van der Waals surface area contributed by atoms with E-state index in [4.69, 9.17) is 16.3 Å². The minimum absolute atomic E-state index is 0.0115. The largest absolute Gasteiger partial charge is 0.402 e. The first-order valence-electron chi connectivity index (χ1n) is 7.74. The Morgan fingerprint density at radius 1 is 1.07 bits per heavy atom. The Labute approximate surface area is 162 Å². The molecular formula is C18H10ClN3O6. The third kappa shape index (κ3) is 3.94.